The minimum atomic E-state index is -0.810. The normalized spacial score (nSPS) is 11.4. The Kier molecular flexibility index (Phi) is 8.08. The first-order valence-electron chi connectivity index (χ1n) is 9.31. The second-order valence-corrected chi connectivity index (χ2v) is 7.03. The van der Waals surface area contributed by atoms with E-state index >= 15 is 0 Å². The number of benzene rings is 1. The molecule has 154 valence electrons. The Bertz CT molecular complexity index is 824. The number of carbonyl (C=O) groups excluding carboxylic acids is 3. The number of urea groups is 1. The van der Waals surface area contributed by atoms with Crippen LogP contribution in [-0.2, 0) is 11.3 Å². The van der Waals surface area contributed by atoms with E-state index in [0.717, 1.165) is 11.1 Å². The minimum absolute atomic E-state index is 0.0667. The Labute approximate surface area is 169 Å². The maximum absolute atomic E-state index is 12.5. The first-order chi connectivity index (χ1) is 13.8. The van der Waals surface area contributed by atoms with Gasteiger partial charge in [0.1, 0.15) is 11.7 Å². The third-order valence-electron chi connectivity index (χ3n) is 4.00. The highest BCUT2D eigenvalue weighted by molar-refractivity contribution is 5.94. The van der Waals surface area contributed by atoms with Gasteiger partial charge in [0, 0.05) is 18.9 Å². The average Bonchev–Trinajstić information content (AvgIpc) is 2.71. The fraction of sp³-hybridized carbons (Fsp3) is 0.350. The van der Waals surface area contributed by atoms with Gasteiger partial charge in [0.2, 0.25) is 0 Å². The number of hydrogen-bond donors (Lipinski definition) is 4. The molecule has 0 bridgehead atoms. The predicted molar refractivity (Wildman–Crippen MR) is 107 cm³/mol. The van der Waals surface area contributed by atoms with Crippen LogP contribution in [0.1, 0.15) is 41.9 Å². The van der Waals surface area contributed by atoms with Crippen molar-refractivity contribution in [2.24, 2.45) is 5.92 Å². The highest BCUT2D eigenvalue weighted by atomic mass is 16.2. The zero-order valence-corrected chi connectivity index (χ0v) is 16.7. The molecule has 0 aliphatic carbocycles. The van der Waals surface area contributed by atoms with Gasteiger partial charge in [-0.3, -0.25) is 25.4 Å². The van der Waals surface area contributed by atoms with E-state index in [0.29, 0.717) is 13.0 Å². The number of hydrogen-bond acceptors (Lipinski definition) is 5. The summed E-state index contributed by atoms with van der Waals surface area (Å²) >= 11 is 0. The van der Waals surface area contributed by atoms with Gasteiger partial charge < -0.3 is 10.6 Å². The molecule has 1 heterocycles. The van der Waals surface area contributed by atoms with E-state index in [1.807, 2.05) is 45.0 Å². The lowest BCUT2D eigenvalue weighted by atomic mass is 10.0. The van der Waals surface area contributed by atoms with Gasteiger partial charge in [-0.05, 0) is 24.8 Å². The topological polar surface area (TPSA) is 125 Å². The van der Waals surface area contributed by atoms with E-state index in [-0.39, 0.29) is 11.6 Å². The van der Waals surface area contributed by atoms with Crippen molar-refractivity contribution in [3.8, 4) is 0 Å². The zero-order chi connectivity index (χ0) is 21.2. The third kappa shape index (κ3) is 7.57. The third-order valence-corrected chi connectivity index (χ3v) is 4.00. The number of nitrogens with one attached hydrogen (secondary N) is 4. The summed E-state index contributed by atoms with van der Waals surface area (Å²) in [5.41, 5.74) is 6.75. The molecule has 4 N–H and O–H groups in total. The second kappa shape index (κ2) is 10.7. The van der Waals surface area contributed by atoms with Crippen LogP contribution in [0.3, 0.4) is 0 Å². The van der Waals surface area contributed by atoms with Gasteiger partial charge in [-0.1, -0.05) is 43.7 Å². The first kappa shape index (κ1) is 21.8. The quantitative estimate of drug-likeness (QED) is 0.526. The molecule has 29 heavy (non-hydrogen) atoms. The van der Waals surface area contributed by atoms with E-state index in [2.05, 4.69) is 31.5 Å². The molecule has 0 saturated carbocycles. The summed E-state index contributed by atoms with van der Waals surface area (Å²) in [5.74, 6) is -0.973. The molecule has 2 aromatic rings. The molecular formula is C20H26N6O3. The van der Waals surface area contributed by atoms with Crippen molar-refractivity contribution < 1.29 is 14.4 Å². The van der Waals surface area contributed by atoms with E-state index < -0.39 is 23.9 Å². The number of hydrazine groups is 1. The Morgan fingerprint density at radius 2 is 1.76 bits per heavy atom. The lowest BCUT2D eigenvalue weighted by Crippen LogP contribution is -2.54. The smallest absolute Gasteiger partial charge is 0.315 e. The largest absolute Gasteiger partial charge is 0.334 e. The molecule has 1 aromatic carbocycles. The van der Waals surface area contributed by atoms with E-state index in [1.54, 1.807) is 0 Å². The van der Waals surface area contributed by atoms with Crippen LogP contribution in [0.5, 0.6) is 0 Å². The minimum Gasteiger partial charge on any atom is -0.334 e. The second-order valence-electron chi connectivity index (χ2n) is 7.03. The van der Waals surface area contributed by atoms with Gasteiger partial charge >= 0.3 is 6.03 Å². The molecule has 2 rings (SSSR count). The molecule has 0 aliphatic rings. The fourth-order valence-electron chi connectivity index (χ4n) is 2.49. The molecule has 0 spiro atoms. The maximum atomic E-state index is 12.5. The molecule has 0 radical (unpaired) electrons. The summed E-state index contributed by atoms with van der Waals surface area (Å²) in [6, 6.07) is 6.50. The fourth-order valence-corrected chi connectivity index (χ4v) is 2.49. The lowest BCUT2D eigenvalue weighted by Gasteiger charge is -2.20. The Morgan fingerprint density at radius 3 is 2.38 bits per heavy atom. The molecular weight excluding hydrogens is 372 g/mol. The van der Waals surface area contributed by atoms with Crippen molar-refractivity contribution in [3.63, 3.8) is 0 Å². The highest BCUT2D eigenvalue weighted by Crippen LogP contribution is 2.06. The summed E-state index contributed by atoms with van der Waals surface area (Å²) in [4.78, 5) is 44.3. The standard InChI is InChI=1S/C20H26N6O3/c1-13(2)10-16(18(27)25-26-19(28)17-12-21-8-9-22-17)24-20(29)23-11-15-6-4-14(3)5-7-15/h4-9,12-13,16H,10-11H2,1-3H3,(H,25,27)(H,26,28)(H2,23,24,29). The van der Waals surface area contributed by atoms with Gasteiger partial charge in [-0.2, -0.15) is 0 Å². The molecule has 1 aromatic heterocycles. The number of aryl methyl sites for hydroxylation is 1. The van der Waals surface area contributed by atoms with Crippen LogP contribution in [0.2, 0.25) is 0 Å². The Balaban J connectivity index is 1.87. The first-order valence-corrected chi connectivity index (χ1v) is 9.31. The summed E-state index contributed by atoms with van der Waals surface area (Å²) in [6.07, 6.45) is 4.50. The number of amides is 4. The van der Waals surface area contributed by atoms with Crippen LogP contribution in [0, 0.1) is 12.8 Å². The predicted octanol–water partition coefficient (Wildman–Crippen LogP) is 1.46. The van der Waals surface area contributed by atoms with Crippen LogP contribution >= 0.6 is 0 Å². The van der Waals surface area contributed by atoms with Crippen molar-refractivity contribution in [1.29, 1.82) is 0 Å². The van der Waals surface area contributed by atoms with Crippen LogP contribution in [-0.4, -0.2) is 33.9 Å². The molecule has 0 saturated heterocycles. The Morgan fingerprint density at radius 1 is 1.03 bits per heavy atom. The van der Waals surface area contributed by atoms with E-state index in [1.165, 1.54) is 18.6 Å². The average molecular weight is 398 g/mol. The summed E-state index contributed by atoms with van der Waals surface area (Å²) in [7, 11) is 0. The molecule has 1 atom stereocenters. The van der Waals surface area contributed by atoms with E-state index in [9.17, 15) is 14.4 Å². The van der Waals surface area contributed by atoms with Gasteiger partial charge in [-0.15, -0.1) is 0 Å². The van der Waals surface area contributed by atoms with Crippen LogP contribution in [0.4, 0.5) is 4.79 Å². The van der Waals surface area contributed by atoms with Crippen molar-refractivity contribution >= 4 is 17.8 Å². The number of aromatic nitrogens is 2. The maximum Gasteiger partial charge on any atom is 0.315 e. The van der Waals surface area contributed by atoms with Crippen molar-refractivity contribution in [2.75, 3.05) is 0 Å². The SMILES string of the molecule is Cc1ccc(CNC(=O)NC(CC(C)C)C(=O)NNC(=O)c2cnccn2)cc1. The zero-order valence-electron chi connectivity index (χ0n) is 16.7. The number of nitrogens with zero attached hydrogens (tertiary/aromatic N) is 2. The van der Waals surface area contributed by atoms with Crippen molar-refractivity contribution in [1.82, 2.24) is 31.5 Å². The summed E-state index contributed by atoms with van der Waals surface area (Å²) in [5, 5.41) is 5.38. The molecule has 4 amide bonds. The van der Waals surface area contributed by atoms with Crippen LogP contribution in [0.25, 0.3) is 0 Å². The van der Waals surface area contributed by atoms with Gasteiger partial charge in [0.15, 0.2) is 0 Å². The number of carbonyl (C=O) groups is 3. The molecule has 1 unspecified atom stereocenters. The summed E-state index contributed by atoms with van der Waals surface area (Å²) in [6.45, 7) is 6.20. The molecule has 9 nitrogen and oxygen atoms in total. The van der Waals surface area contributed by atoms with Crippen molar-refractivity contribution in [2.45, 2.75) is 39.8 Å². The van der Waals surface area contributed by atoms with E-state index in [4.69, 9.17) is 0 Å². The Hall–Kier alpha value is -3.49. The molecule has 0 aliphatic heterocycles. The van der Waals surface area contributed by atoms with Gasteiger partial charge in [0.05, 0.1) is 6.20 Å². The summed E-state index contributed by atoms with van der Waals surface area (Å²) < 4.78 is 0. The number of rotatable bonds is 7. The van der Waals surface area contributed by atoms with Crippen molar-refractivity contribution in [3.05, 3.63) is 59.7 Å². The monoisotopic (exact) mass is 398 g/mol. The molecule has 0 fully saturated rings. The lowest BCUT2D eigenvalue weighted by molar-refractivity contribution is -0.124. The van der Waals surface area contributed by atoms with Crippen LogP contribution in [0.15, 0.2) is 42.9 Å². The van der Waals surface area contributed by atoms with Gasteiger partial charge in [-0.25, -0.2) is 9.78 Å². The molecule has 9 heteroatoms. The van der Waals surface area contributed by atoms with Crippen LogP contribution < -0.4 is 21.5 Å². The highest BCUT2D eigenvalue weighted by Gasteiger charge is 2.22. The van der Waals surface area contributed by atoms with Gasteiger partial charge in [0.25, 0.3) is 11.8 Å².